The van der Waals surface area contributed by atoms with Crippen LogP contribution in [0.4, 0.5) is 0 Å². The summed E-state index contributed by atoms with van der Waals surface area (Å²) in [4.78, 5) is 0. The van der Waals surface area contributed by atoms with Gasteiger partial charge >= 0.3 is 0 Å². The van der Waals surface area contributed by atoms with Gasteiger partial charge in [-0.2, -0.15) is 0 Å². The van der Waals surface area contributed by atoms with E-state index in [0.717, 1.165) is 32.5 Å². The Morgan fingerprint density at radius 3 is 1.50 bits per heavy atom. The van der Waals surface area contributed by atoms with Crippen molar-refractivity contribution in [2.75, 3.05) is 19.8 Å². The molecule has 0 radical (unpaired) electrons. The van der Waals surface area contributed by atoms with E-state index >= 15 is 0 Å². The van der Waals surface area contributed by atoms with Gasteiger partial charge in [-0.15, -0.1) is 0 Å². The van der Waals surface area contributed by atoms with Crippen molar-refractivity contribution >= 4 is 0 Å². The molecule has 0 aromatic heterocycles. The van der Waals surface area contributed by atoms with Gasteiger partial charge in [-0.05, 0) is 37.5 Å². The van der Waals surface area contributed by atoms with Crippen molar-refractivity contribution in [2.45, 2.75) is 52.9 Å². The molecule has 1 N–H and O–H groups in total. The zero-order chi connectivity index (χ0) is 10.9. The molecule has 0 atom stereocenters. The lowest BCUT2D eigenvalue weighted by Crippen LogP contribution is -2.22. The minimum atomic E-state index is 0.222. The van der Waals surface area contributed by atoms with Gasteiger partial charge in [0.1, 0.15) is 0 Å². The Morgan fingerprint density at radius 2 is 1.43 bits per heavy atom. The molecule has 1 saturated heterocycles. The van der Waals surface area contributed by atoms with Crippen LogP contribution in [-0.2, 0) is 4.74 Å². The molecule has 0 spiro atoms. The summed E-state index contributed by atoms with van der Waals surface area (Å²) < 4.78 is 4.94. The first kappa shape index (κ1) is 13.9. The smallest absolute Gasteiger partial charge is 0.0487 e. The molecular formula is C12H26O2. The minimum Gasteiger partial charge on any atom is -0.396 e. The first-order valence-electron chi connectivity index (χ1n) is 5.93. The molecule has 0 amide bonds. The van der Waals surface area contributed by atoms with E-state index in [2.05, 4.69) is 20.8 Å². The van der Waals surface area contributed by atoms with Gasteiger partial charge < -0.3 is 9.84 Å². The topological polar surface area (TPSA) is 29.5 Å². The van der Waals surface area contributed by atoms with Crippen molar-refractivity contribution in [3.05, 3.63) is 0 Å². The first-order chi connectivity index (χ1) is 6.74. The summed E-state index contributed by atoms with van der Waals surface area (Å²) in [6, 6.07) is 0. The third-order valence-corrected chi connectivity index (χ3v) is 3.41. The zero-order valence-electron chi connectivity index (χ0n) is 10.0. The molecule has 1 fully saturated rings. The third-order valence-electron chi connectivity index (χ3n) is 3.41. The lowest BCUT2D eigenvalue weighted by atomic mass is 9.81. The van der Waals surface area contributed by atoms with E-state index < -0.39 is 0 Å². The Kier molecular flexibility index (Phi) is 8.20. The molecule has 14 heavy (non-hydrogen) atoms. The minimum absolute atomic E-state index is 0.222. The summed E-state index contributed by atoms with van der Waals surface area (Å²) in [5, 5.41) is 8.98. The molecule has 0 aromatic carbocycles. The second kappa shape index (κ2) is 8.25. The fourth-order valence-corrected chi connectivity index (χ4v) is 1.60. The average Bonchev–Trinajstić information content (AvgIpc) is 2.80. The molecule has 2 nitrogen and oxygen atoms in total. The van der Waals surface area contributed by atoms with Crippen molar-refractivity contribution < 1.29 is 9.84 Å². The van der Waals surface area contributed by atoms with Crippen LogP contribution in [0.1, 0.15) is 52.9 Å². The highest BCUT2D eigenvalue weighted by molar-refractivity contribution is 4.72. The van der Waals surface area contributed by atoms with E-state index in [0.29, 0.717) is 6.61 Å². The number of aliphatic hydroxyl groups excluding tert-OH is 1. The zero-order valence-corrected chi connectivity index (χ0v) is 10.0. The maximum atomic E-state index is 8.98. The van der Waals surface area contributed by atoms with Crippen LogP contribution >= 0.6 is 0 Å². The van der Waals surface area contributed by atoms with Crippen LogP contribution in [0.2, 0.25) is 0 Å². The lowest BCUT2D eigenvalue weighted by Gasteiger charge is -2.27. The second-order valence-corrected chi connectivity index (χ2v) is 4.04. The third kappa shape index (κ3) is 4.97. The van der Waals surface area contributed by atoms with E-state index in [4.69, 9.17) is 9.84 Å². The molecular weight excluding hydrogens is 176 g/mol. The Balaban J connectivity index is 0.000000280. The fourth-order valence-electron chi connectivity index (χ4n) is 1.60. The maximum Gasteiger partial charge on any atom is 0.0487 e. The molecule has 1 heterocycles. The first-order valence-corrected chi connectivity index (χ1v) is 5.93. The number of hydrogen-bond donors (Lipinski definition) is 1. The van der Waals surface area contributed by atoms with Crippen molar-refractivity contribution in [3.8, 4) is 0 Å². The van der Waals surface area contributed by atoms with Gasteiger partial charge in [0.25, 0.3) is 0 Å². The normalized spacial score (nSPS) is 16.3. The number of ether oxygens (including phenoxy) is 1. The lowest BCUT2D eigenvalue weighted by molar-refractivity contribution is 0.111. The highest BCUT2D eigenvalue weighted by atomic mass is 16.5. The second-order valence-electron chi connectivity index (χ2n) is 4.04. The molecule has 86 valence electrons. The van der Waals surface area contributed by atoms with Gasteiger partial charge in [-0.25, -0.2) is 0 Å². The molecule has 1 aliphatic rings. The Bertz CT molecular complexity index is 90.4. The van der Waals surface area contributed by atoms with E-state index in [1.165, 1.54) is 12.8 Å². The van der Waals surface area contributed by atoms with Crippen molar-refractivity contribution in [1.29, 1.82) is 0 Å². The number of hydrogen-bond acceptors (Lipinski definition) is 2. The summed E-state index contributed by atoms with van der Waals surface area (Å²) >= 11 is 0. The van der Waals surface area contributed by atoms with E-state index in [-0.39, 0.29) is 5.41 Å². The summed E-state index contributed by atoms with van der Waals surface area (Å²) in [5.41, 5.74) is 0.222. The van der Waals surface area contributed by atoms with E-state index in [1.54, 1.807) is 0 Å². The van der Waals surface area contributed by atoms with Crippen molar-refractivity contribution in [1.82, 2.24) is 0 Å². The molecule has 1 aliphatic heterocycles. The number of rotatable bonds is 4. The molecule has 0 unspecified atom stereocenters. The molecule has 2 heteroatoms. The van der Waals surface area contributed by atoms with Gasteiger partial charge in [0, 0.05) is 19.8 Å². The van der Waals surface area contributed by atoms with Gasteiger partial charge in [-0.3, -0.25) is 0 Å². The summed E-state index contributed by atoms with van der Waals surface area (Å²) in [7, 11) is 0. The van der Waals surface area contributed by atoms with Gasteiger partial charge in [-0.1, -0.05) is 20.8 Å². The predicted molar refractivity (Wildman–Crippen MR) is 60.4 cm³/mol. The van der Waals surface area contributed by atoms with E-state index in [1.807, 2.05) is 0 Å². The summed E-state index contributed by atoms with van der Waals surface area (Å²) in [6.07, 6.45) is 5.84. The molecule has 0 aromatic rings. The fraction of sp³-hybridized carbons (Fsp3) is 1.00. The van der Waals surface area contributed by atoms with Crippen LogP contribution in [-0.4, -0.2) is 24.9 Å². The monoisotopic (exact) mass is 202 g/mol. The van der Waals surface area contributed by atoms with Crippen LogP contribution in [0.15, 0.2) is 0 Å². The van der Waals surface area contributed by atoms with Crippen LogP contribution in [0, 0.1) is 5.41 Å². The van der Waals surface area contributed by atoms with Crippen LogP contribution in [0.25, 0.3) is 0 Å². The van der Waals surface area contributed by atoms with Crippen LogP contribution < -0.4 is 0 Å². The quantitative estimate of drug-likeness (QED) is 0.759. The van der Waals surface area contributed by atoms with Crippen molar-refractivity contribution in [2.24, 2.45) is 5.41 Å². The highest BCUT2D eigenvalue weighted by Crippen LogP contribution is 2.28. The SMILES string of the molecule is C1CCOC1.CCC(CC)(CC)CO. The van der Waals surface area contributed by atoms with Gasteiger partial charge in [0.05, 0.1) is 0 Å². The van der Waals surface area contributed by atoms with Crippen LogP contribution in [0.5, 0.6) is 0 Å². The standard InChI is InChI=1S/C8H18O.C4H8O/c1-4-8(5-2,6-3)7-9;1-2-4-5-3-1/h9H,4-7H2,1-3H3;1-4H2. The van der Waals surface area contributed by atoms with Crippen molar-refractivity contribution in [3.63, 3.8) is 0 Å². The molecule has 1 rings (SSSR count). The Morgan fingerprint density at radius 1 is 1.00 bits per heavy atom. The molecule has 0 saturated carbocycles. The van der Waals surface area contributed by atoms with Crippen LogP contribution in [0.3, 0.4) is 0 Å². The highest BCUT2D eigenvalue weighted by Gasteiger charge is 2.21. The molecule has 0 bridgehead atoms. The largest absolute Gasteiger partial charge is 0.396 e. The number of aliphatic hydroxyl groups is 1. The summed E-state index contributed by atoms with van der Waals surface area (Å²) in [6.45, 7) is 8.77. The average molecular weight is 202 g/mol. The Hall–Kier alpha value is -0.0800. The van der Waals surface area contributed by atoms with E-state index in [9.17, 15) is 0 Å². The van der Waals surface area contributed by atoms with Gasteiger partial charge in [0.2, 0.25) is 0 Å². The predicted octanol–water partition coefficient (Wildman–Crippen LogP) is 2.99. The summed E-state index contributed by atoms with van der Waals surface area (Å²) in [5.74, 6) is 0. The van der Waals surface area contributed by atoms with Gasteiger partial charge in [0.15, 0.2) is 0 Å². The maximum absolute atomic E-state index is 8.98. The molecule has 0 aliphatic carbocycles. The Labute approximate surface area is 88.7 Å².